The number of methoxy groups -OCH3 is 1. The van der Waals surface area contributed by atoms with E-state index in [0.717, 1.165) is 12.2 Å². The first-order valence-corrected chi connectivity index (χ1v) is 6.45. The van der Waals surface area contributed by atoms with E-state index in [-0.39, 0.29) is 6.04 Å². The summed E-state index contributed by atoms with van der Waals surface area (Å²) < 4.78 is 5.27. The van der Waals surface area contributed by atoms with Gasteiger partial charge in [-0.2, -0.15) is 0 Å². The molecule has 0 aliphatic rings. The Morgan fingerprint density at radius 1 is 1.32 bits per heavy atom. The summed E-state index contributed by atoms with van der Waals surface area (Å²) in [6, 6.07) is 10.6. The lowest BCUT2D eigenvalue weighted by Gasteiger charge is -2.19. The van der Waals surface area contributed by atoms with Gasteiger partial charge in [0.2, 0.25) is 0 Å². The van der Waals surface area contributed by atoms with Gasteiger partial charge in [0, 0.05) is 18.4 Å². The molecule has 0 spiro atoms. The third-order valence-electron chi connectivity index (χ3n) is 3.36. The first-order chi connectivity index (χ1) is 9.24. The quantitative estimate of drug-likeness (QED) is 0.893. The average Bonchev–Trinajstić information content (AvgIpc) is 2.46. The van der Waals surface area contributed by atoms with Gasteiger partial charge in [0.1, 0.15) is 5.75 Å². The lowest BCUT2D eigenvalue weighted by Crippen LogP contribution is -2.19. The van der Waals surface area contributed by atoms with Crippen LogP contribution in [0.3, 0.4) is 0 Å². The van der Waals surface area contributed by atoms with Gasteiger partial charge in [-0.3, -0.25) is 4.98 Å². The van der Waals surface area contributed by atoms with E-state index >= 15 is 0 Å². The molecule has 0 saturated heterocycles. The molecule has 0 radical (unpaired) electrons. The van der Waals surface area contributed by atoms with Gasteiger partial charge in [-0.1, -0.05) is 12.1 Å². The van der Waals surface area contributed by atoms with Crippen LogP contribution in [0.1, 0.15) is 22.7 Å². The first kappa shape index (κ1) is 13.6. The highest BCUT2D eigenvalue weighted by molar-refractivity contribution is 5.32. The summed E-state index contributed by atoms with van der Waals surface area (Å²) in [7, 11) is 3.69. The van der Waals surface area contributed by atoms with E-state index in [1.165, 1.54) is 16.7 Å². The number of likely N-dealkylation sites (N-methyl/N-ethyl adjacent to an activating group) is 1. The molecule has 2 aromatic rings. The maximum atomic E-state index is 5.27. The molecule has 100 valence electrons. The van der Waals surface area contributed by atoms with Crippen molar-refractivity contribution in [2.24, 2.45) is 0 Å². The van der Waals surface area contributed by atoms with Crippen LogP contribution in [0.15, 0.2) is 42.7 Å². The minimum Gasteiger partial charge on any atom is -0.497 e. The van der Waals surface area contributed by atoms with E-state index in [1.54, 1.807) is 7.11 Å². The molecule has 0 aliphatic carbocycles. The van der Waals surface area contributed by atoms with Gasteiger partial charge in [0.25, 0.3) is 0 Å². The number of ether oxygens (including phenoxy) is 1. The van der Waals surface area contributed by atoms with E-state index in [9.17, 15) is 0 Å². The molecule has 3 nitrogen and oxygen atoms in total. The Hall–Kier alpha value is -1.87. The van der Waals surface area contributed by atoms with Crippen molar-refractivity contribution in [3.05, 3.63) is 59.4 Å². The molecule has 1 aromatic carbocycles. The number of hydrogen-bond acceptors (Lipinski definition) is 3. The second-order valence-corrected chi connectivity index (χ2v) is 4.63. The van der Waals surface area contributed by atoms with Crippen LogP contribution in [0.4, 0.5) is 0 Å². The molecule has 0 bridgehead atoms. The fraction of sp³-hybridized carbons (Fsp3) is 0.312. The lowest BCUT2D eigenvalue weighted by atomic mass is 9.97. The van der Waals surface area contributed by atoms with E-state index in [0.29, 0.717) is 0 Å². The van der Waals surface area contributed by atoms with Crippen molar-refractivity contribution in [3.8, 4) is 5.75 Å². The zero-order valence-electron chi connectivity index (χ0n) is 11.7. The molecule has 0 amide bonds. The van der Waals surface area contributed by atoms with Crippen LogP contribution in [-0.4, -0.2) is 19.1 Å². The predicted octanol–water partition coefficient (Wildman–Crippen LogP) is 2.90. The number of aryl methyl sites for hydroxylation is 1. The predicted molar refractivity (Wildman–Crippen MR) is 77.5 cm³/mol. The van der Waals surface area contributed by atoms with Crippen LogP contribution in [0.5, 0.6) is 5.75 Å². The zero-order chi connectivity index (χ0) is 13.7. The molecule has 0 saturated carbocycles. The number of pyridine rings is 1. The van der Waals surface area contributed by atoms with Crippen molar-refractivity contribution in [1.82, 2.24) is 10.3 Å². The smallest absolute Gasteiger partial charge is 0.119 e. The third-order valence-corrected chi connectivity index (χ3v) is 3.36. The zero-order valence-corrected chi connectivity index (χ0v) is 11.7. The maximum Gasteiger partial charge on any atom is 0.119 e. The highest BCUT2D eigenvalue weighted by Gasteiger charge is 2.12. The molecule has 1 unspecified atom stereocenters. The third kappa shape index (κ3) is 3.32. The number of nitrogens with zero attached hydrogens (tertiary/aromatic N) is 1. The van der Waals surface area contributed by atoms with E-state index in [1.807, 2.05) is 31.6 Å². The Morgan fingerprint density at radius 3 is 2.84 bits per heavy atom. The summed E-state index contributed by atoms with van der Waals surface area (Å²) in [6.45, 7) is 2.10. The van der Waals surface area contributed by atoms with E-state index in [2.05, 4.69) is 35.4 Å². The van der Waals surface area contributed by atoms with Gasteiger partial charge < -0.3 is 10.1 Å². The summed E-state index contributed by atoms with van der Waals surface area (Å²) in [6.07, 6.45) is 4.68. The summed E-state index contributed by atoms with van der Waals surface area (Å²) in [5.74, 6) is 0.902. The van der Waals surface area contributed by atoms with Gasteiger partial charge in [0.15, 0.2) is 0 Å². The summed E-state index contributed by atoms with van der Waals surface area (Å²) >= 11 is 0. The normalized spacial score (nSPS) is 12.2. The van der Waals surface area contributed by atoms with Crippen molar-refractivity contribution in [1.29, 1.82) is 0 Å². The van der Waals surface area contributed by atoms with Crippen molar-refractivity contribution in [3.63, 3.8) is 0 Å². The van der Waals surface area contributed by atoms with Crippen molar-refractivity contribution in [2.45, 2.75) is 19.4 Å². The Morgan fingerprint density at radius 2 is 2.16 bits per heavy atom. The Kier molecular flexibility index (Phi) is 4.53. The van der Waals surface area contributed by atoms with Gasteiger partial charge >= 0.3 is 0 Å². The maximum absolute atomic E-state index is 5.27. The summed E-state index contributed by atoms with van der Waals surface area (Å²) in [4.78, 5) is 4.15. The van der Waals surface area contributed by atoms with Gasteiger partial charge in [-0.25, -0.2) is 0 Å². The summed E-state index contributed by atoms with van der Waals surface area (Å²) in [5, 5.41) is 3.38. The Labute approximate surface area is 114 Å². The Balaban J connectivity index is 2.21. The fourth-order valence-electron chi connectivity index (χ4n) is 2.28. The van der Waals surface area contributed by atoms with Crippen molar-refractivity contribution >= 4 is 0 Å². The summed E-state index contributed by atoms with van der Waals surface area (Å²) in [5.41, 5.74) is 3.76. The molecule has 0 fully saturated rings. The molecular weight excluding hydrogens is 236 g/mol. The number of nitrogens with one attached hydrogen (secondary N) is 1. The number of hydrogen-bond donors (Lipinski definition) is 1. The standard InChI is InChI=1S/C16H20N2O/c1-12-11-18-8-7-15(12)16(17-2)10-13-5-4-6-14(9-13)19-3/h4-9,11,16-17H,10H2,1-3H3. The second-order valence-electron chi connectivity index (χ2n) is 4.63. The van der Waals surface area contributed by atoms with Crippen molar-refractivity contribution in [2.75, 3.05) is 14.2 Å². The van der Waals surface area contributed by atoms with Crippen LogP contribution < -0.4 is 10.1 Å². The molecule has 19 heavy (non-hydrogen) atoms. The monoisotopic (exact) mass is 256 g/mol. The van der Waals surface area contributed by atoms with Gasteiger partial charge in [-0.15, -0.1) is 0 Å². The minimum atomic E-state index is 0.287. The number of rotatable bonds is 5. The van der Waals surface area contributed by atoms with E-state index in [4.69, 9.17) is 4.74 Å². The molecule has 0 aliphatic heterocycles. The molecule has 3 heteroatoms. The van der Waals surface area contributed by atoms with Gasteiger partial charge in [-0.05, 0) is 55.3 Å². The van der Waals surface area contributed by atoms with Gasteiger partial charge in [0.05, 0.1) is 7.11 Å². The molecule has 1 N–H and O–H groups in total. The highest BCUT2D eigenvalue weighted by atomic mass is 16.5. The van der Waals surface area contributed by atoms with E-state index < -0.39 is 0 Å². The molecule has 1 heterocycles. The number of aromatic nitrogens is 1. The number of benzene rings is 1. The first-order valence-electron chi connectivity index (χ1n) is 6.45. The molecule has 1 aromatic heterocycles. The highest BCUT2D eigenvalue weighted by Crippen LogP contribution is 2.22. The average molecular weight is 256 g/mol. The lowest BCUT2D eigenvalue weighted by molar-refractivity contribution is 0.414. The molecule has 1 atom stereocenters. The van der Waals surface area contributed by atoms with Crippen LogP contribution >= 0.6 is 0 Å². The second kappa shape index (κ2) is 6.34. The van der Waals surface area contributed by atoms with Crippen LogP contribution in [0.25, 0.3) is 0 Å². The largest absolute Gasteiger partial charge is 0.497 e. The van der Waals surface area contributed by atoms with Crippen molar-refractivity contribution < 1.29 is 4.74 Å². The molecular formula is C16H20N2O. The molecule has 2 rings (SSSR count). The van der Waals surface area contributed by atoms with Crippen LogP contribution in [0, 0.1) is 6.92 Å². The van der Waals surface area contributed by atoms with Crippen LogP contribution in [-0.2, 0) is 6.42 Å². The SMILES string of the molecule is CNC(Cc1cccc(OC)c1)c1ccncc1C. The fourth-order valence-corrected chi connectivity index (χ4v) is 2.28. The van der Waals surface area contributed by atoms with Crippen LogP contribution in [0.2, 0.25) is 0 Å². The topological polar surface area (TPSA) is 34.1 Å². The Bertz CT molecular complexity index is 540. The minimum absolute atomic E-state index is 0.287.